The molecule has 4 atom stereocenters. The summed E-state index contributed by atoms with van der Waals surface area (Å²) in [4.78, 5) is 14.9. The van der Waals surface area contributed by atoms with E-state index in [-0.39, 0.29) is 24.0 Å². The van der Waals surface area contributed by atoms with Gasteiger partial charge in [-0.3, -0.25) is 4.79 Å². The highest BCUT2D eigenvalue weighted by molar-refractivity contribution is 7.99. The first-order valence-electron chi connectivity index (χ1n) is 10.9. The third-order valence-corrected chi connectivity index (χ3v) is 6.75. The highest BCUT2D eigenvalue weighted by Crippen LogP contribution is 2.29. The van der Waals surface area contributed by atoms with Crippen LogP contribution in [0.3, 0.4) is 0 Å². The number of rotatable bonds is 14. The minimum Gasteiger partial charge on any atom is -0.380 e. The van der Waals surface area contributed by atoms with Crippen LogP contribution in [0.2, 0.25) is 0 Å². The van der Waals surface area contributed by atoms with Crippen LogP contribution in [-0.4, -0.2) is 60.6 Å². The van der Waals surface area contributed by atoms with E-state index >= 15 is 0 Å². The minimum atomic E-state index is -0.131. The molecular formula is C24H42N4OS. The lowest BCUT2D eigenvalue weighted by atomic mass is 10.0. The number of carbonyl (C=O) groups excluding carboxylic acids is 1. The van der Waals surface area contributed by atoms with E-state index in [9.17, 15) is 4.79 Å². The van der Waals surface area contributed by atoms with Crippen molar-refractivity contribution in [3.63, 3.8) is 0 Å². The van der Waals surface area contributed by atoms with Gasteiger partial charge in [-0.1, -0.05) is 52.2 Å². The monoisotopic (exact) mass is 434 g/mol. The molecule has 1 aliphatic heterocycles. The fourth-order valence-electron chi connectivity index (χ4n) is 3.90. The maximum absolute atomic E-state index is 12.5. The van der Waals surface area contributed by atoms with Crippen molar-refractivity contribution in [2.24, 2.45) is 0 Å². The van der Waals surface area contributed by atoms with Gasteiger partial charge in [0.15, 0.2) is 0 Å². The molecule has 0 radical (unpaired) electrons. The lowest BCUT2D eigenvalue weighted by molar-refractivity contribution is -0.117. The molecule has 0 aliphatic carbocycles. The number of likely N-dealkylation sites (N-methyl/N-ethyl adjacent to an activating group) is 1. The smallest absolute Gasteiger partial charge is 0.248 e. The van der Waals surface area contributed by atoms with Crippen LogP contribution in [0.5, 0.6) is 0 Å². The van der Waals surface area contributed by atoms with Gasteiger partial charge in [0.05, 0.1) is 18.1 Å². The van der Waals surface area contributed by atoms with Gasteiger partial charge in [0.2, 0.25) is 5.91 Å². The predicted molar refractivity (Wildman–Crippen MR) is 133 cm³/mol. The van der Waals surface area contributed by atoms with Gasteiger partial charge >= 0.3 is 0 Å². The molecule has 30 heavy (non-hydrogen) atoms. The normalized spacial score (nSPS) is 19.0. The van der Waals surface area contributed by atoms with Crippen molar-refractivity contribution in [1.29, 1.82) is 0 Å². The van der Waals surface area contributed by atoms with Gasteiger partial charge in [-0.25, -0.2) is 0 Å². The molecule has 1 saturated heterocycles. The lowest BCUT2D eigenvalue weighted by Crippen LogP contribution is -2.47. The Balaban J connectivity index is 2.87. The number of likely N-dealkylation sites (tertiary alicyclic amines) is 1. The molecule has 0 aromatic rings. The number of carbonyl (C=O) groups is 1. The summed E-state index contributed by atoms with van der Waals surface area (Å²) in [6.07, 6.45) is 6.04. The standard InChI is InChI=1S/C24H42N4OS/c1-10-12-21(17(4)24(29)26-15-16(2)3)27-18(5)22-13-11-14-28(22)19(6)23(25-8)20(7)30-9/h20-23,25,27H,2,4-6,10-15H2,1,3,7-9H3,(H,26,29). The Morgan fingerprint density at radius 2 is 1.93 bits per heavy atom. The predicted octanol–water partition coefficient (Wildman–Crippen LogP) is 3.82. The molecule has 1 heterocycles. The minimum absolute atomic E-state index is 0.131. The molecule has 6 heteroatoms. The third kappa shape index (κ3) is 7.24. The van der Waals surface area contributed by atoms with E-state index < -0.39 is 0 Å². The van der Waals surface area contributed by atoms with Gasteiger partial charge in [0.1, 0.15) is 0 Å². The molecule has 3 N–H and O–H groups in total. The van der Waals surface area contributed by atoms with Gasteiger partial charge in [-0.2, -0.15) is 11.8 Å². The van der Waals surface area contributed by atoms with E-state index in [2.05, 4.69) is 67.3 Å². The van der Waals surface area contributed by atoms with Gasteiger partial charge in [-0.05, 0) is 39.5 Å². The summed E-state index contributed by atoms with van der Waals surface area (Å²) in [5, 5.41) is 10.3. The SMILES string of the molecule is C=C(C)CNC(=O)C(=C)C(CCC)NC(=C)C1CCCN1C(=C)C(NC)C(C)SC. The first-order chi connectivity index (χ1) is 14.2. The van der Waals surface area contributed by atoms with Crippen molar-refractivity contribution in [2.45, 2.75) is 69.8 Å². The van der Waals surface area contributed by atoms with E-state index in [1.54, 1.807) is 0 Å². The molecule has 0 aromatic heterocycles. The van der Waals surface area contributed by atoms with Crippen molar-refractivity contribution in [1.82, 2.24) is 20.9 Å². The summed E-state index contributed by atoms with van der Waals surface area (Å²) in [5.74, 6) is -0.131. The van der Waals surface area contributed by atoms with Gasteiger partial charge in [-0.15, -0.1) is 0 Å². The largest absolute Gasteiger partial charge is 0.380 e. The first kappa shape index (κ1) is 26.4. The molecular weight excluding hydrogens is 392 g/mol. The molecule has 0 saturated carbocycles. The summed E-state index contributed by atoms with van der Waals surface area (Å²) in [6.45, 7) is 24.3. The summed E-state index contributed by atoms with van der Waals surface area (Å²) in [5.41, 5.74) is 3.51. The van der Waals surface area contributed by atoms with Crippen LogP contribution in [0.4, 0.5) is 0 Å². The van der Waals surface area contributed by atoms with Crippen molar-refractivity contribution < 1.29 is 4.79 Å². The van der Waals surface area contributed by atoms with Crippen LogP contribution < -0.4 is 16.0 Å². The topological polar surface area (TPSA) is 56.4 Å². The highest BCUT2D eigenvalue weighted by atomic mass is 32.2. The molecule has 5 nitrogen and oxygen atoms in total. The van der Waals surface area contributed by atoms with Crippen molar-refractivity contribution in [3.05, 3.63) is 48.9 Å². The number of hydrogen-bond acceptors (Lipinski definition) is 5. The number of thioether (sulfide) groups is 1. The summed E-state index contributed by atoms with van der Waals surface area (Å²) in [6, 6.07) is 0.254. The average Bonchev–Trinajstić information content (AvgIpc) is 3.21. The van der Waals surface area contributed by atoms with Crippen LogP contribution in [0.25, 0.3) is 0 Å². The van der Waals surface area contributed by atoms with Crippen LogP contribution in [0, 0.1) is 0 Å². The van der Waals surface area contributed by atoms with Crippen LogP contribution in [0.15, 0.2) is 48.9 Å². The van der Waals surface area contributed by atoms with Crippen LogP contribution >= 0.6 is 11.8 Å². The Hall–Kier alpha value is -1.66. The Labute approximate surface area is 188 Å². The molecule has 1 aliphatic rings. The van der Waals surface area contributed by atoms with E-state index in [1.807, 2.05) is 25.7 Å². The van der Waals surface area contributed by atoms with Crippen LogP contribution in [0.1, 0.15) is 46.5 Å². The molecule has 0 aromatic carbocycles. The maximum atomic E-state index is 12.5. The molecule has 0 spiro atoms. The van der Waals surface area contributed by atoms with E-state index in [0.717, 1.165) is 49.2 Å². The second-order valence-electron chi connectivity index (χ2n) is 8.23. The Morgan fingerprint density at radius 1 is 1.27 bits per heavy atom. The Morgan fingerprint density at radius 3 is 2.47 bits per heavy atom. The molecule has 4 unspecified atom stereocenters. The molecule has 1 amide bonds. The quantitative estimate of drug-likeness (QED) is 0.287. The second kappa shape index (κ2) is 12.9. The molecule has 0 bridgehead atoms. The molecule has 1 fully saturated rings. The van der Waals surface area contributed by atoms with Crippen molar-refractivity contribution >= 4 is 17.7 Å². The van der Waals surface area contributed by atoms with Crippen molar-refractivity contribution in [2.75, 3.05) is 26.4 Å². The molecule has 170 valence electrons. The second-order valence-corrected chi connectivity index (χ2v) is 9.44. The van der Waals surface area contributed by atoms with Gasteiger partial charge in [0.25, 0.3) is 0 Å². The zero-order chi connectivity index (χ0) is 22.8. The Kier molecular flexibility index (Phi) is 11.3. The fraction of sp³-hybridized carbons (Fsp3) is 0.625. The number of nitrogens with one attached hydrogen (secondary N) is 3. The molecule has 1 rings (SSSR count). The van der Waals surface area contributed by atoms with Crippen LogP contribution in [-0.2, 0) is 4.79 Å². The summed E-state index contributed by atoms with van der Waals surface area (Å²) in [7, 11) is 1.99. The van der Waals surface area contributed by atoms with Gasteiger partial charge < -0.3 is 20.9 Å². The van der Waals surface area contributed by atoms with E-state index in [4.69, 9.17) is 0 Å². The fourth-order valence-corrected chi connectivity index (χ4v) is 4.47. The third-order valence-electron chi connectivity index (χ3n) is 5.74. The lowest BCUT2D eigenvalue weighted by Gasteiger charge is -2.37. The number of amides is 1. The number of nitrogens with zero attached hydrogens (tertiary/aromatic N) is 1. The summed E-state index contributed by atoms with van der Waals surface area (Å²) >= 11 is 1.83. The van der Waals surface area contributed by atoms with E-state index in [0.29, 0.717) is 17.4 Å². The Bertz CT molecular complexity index is 645. The maximum Gasteiger partial charge on any atom is 0.248 e. The number of hydrogen-bond donors (Lipinski definition) is 3. The zero-order valence-electron chi connectivity index (χ0n) is 19.6. The van der Waals surface area contributed by atoms with Crippen molar-refractivity contribution in [3.8, 4) is 0 Å². The zero-order valence-corrected chi connectivity index (χ0v) is 20.5. The summed E-state index contributed by atoms with van der Waals surface area (Å²) < 4.78 is 0. The highest BCUT2D eigenvalue weighted by Gasteiger charge is 2.33. The van der Waals surface area contributed by atoms with Gasteiger partial charge in [0, 0.05) is 35.3 Å². The van der Waals surface area contributed by atoms with E-state index in [1.165, 1.54) is 0 Å². The average molecular weight is 435 g/mol. The first-order valence-corrected chi connectivity index (χ1v) is 12.2.